The minimum atomic E-state index is -1.37. The van der Waals surface area contributed by atoms with Gasteiger partial charge in [-0.3, -0.25) is 0 Å². The van der Waals surface area contributed by atoms with Gasteiger partial charge in [0.15, 0.2) is 0 Å². The van der Waals surface area contributed by atoms with Crippen molar-refractivity contribution in [2.24, 2.45) is 0 Å². The fraction of sp³-hybridized carbons (Fsp3) is 0.0526. The molecule has 0 amide bonds. The smallest absolute Gasteiger partial charge is 1.00 e. The third kappa shape index (κ3) is 7.24. The molecule has 3 aromatic carbocycles. The minimum absolute atomic E-state index is 0. The predicted octanol–water partition coefficient (Wildman–Crippen LogP) is -2.35. The van der Waals surface area contributed by atoms with Crippen LogP contribution in [-0.4, -0.2) is 40.4 Å². The zero-order valence-electron chi connectivity index (χ0n) is 15.9. The van der Waals surface area contributed by atoms with Crippen LogP contribution < -0.4 is 29.9 Å². The Morgan fingerprint density at radius 3 is 0.923 bits per heavy atom. The number of hydrogen-bond acceptors (Lipinski definition) is 1. The minimum Gasteiger partial charge on any atom is -1.00 e. The second-order valence-electron chi connectivity index (χ2n) is 4.78. The number of halogens is 4. The van der Waals surface area contributed by atoms with Gasteiger partial charge in [-0.2, -0.15) is 0 Å². The van der Waals surface area contributed by atoms with Crippen molar-refractivity contribution in [2.75, 3.05) is 0 Å². The fourth-order valence-electron chi connectivity index (χ4n) is 2.52. The monoisotopic (exact) mass is 454 g/mol. The Hall–Kier alpha value is 0.0787. The molecule has 0 spiro atoms. The van der Waals surface area contributed by atoms with Crippen LogP contribution in [0.25, 0.3) is 0 Å². The molecule has 0 unspecified atom stereocenters. The van der Waals surface area contributed by atoms with Gasteiger partial charge in [0.25, 0.3) is 0 Å². The average Bonchev–Trinajstić information content (AvgIpc) is 2.56. The van der Waals surface area contributed by atoms with E-state index in [1.165, 1.54) is 0 Å². The van der Waals surface area contributed by atoms with E-state index in [0.29, 0.717) is 0 Å². The van der Waals surface area contributed by atoms with Crippen LogP contribution in [0.4, 0.5) is 0 Å². The Kier molecular flexibility index (Phi) is 20.8. The largest absolute Gasteiger partial charge is 3.00 e. The number of rotatable bonds is 3. The Morgan fingerprint density at radius 1 is 0.538 bits per heavy atom. The summed E-state index contributed by atoms with van der Waals surface area (Å²) < 4.78 is 0. The molecule has 0 aliphatic rings. The van der Waals surface area contributed by atoms with Gasteiger partial charge in [-0.15, -0.1) is 24.8 Å². The topological polar surface area (TPSA) is 23.1 Å². The zero-order valence-corrected chi connectivity index (χ0v) is 19.6. The molecular formula is C19H19AlCl4MgO. The van der Waals surface area contributed by atoms with Crippen molar-refractivity contribution < 1.29 is 32.8 Å². The fourth-order valence-corrected chi connectivity index (χ4v) is 2.52. The molecule has 1 nitrogen and oxygen atoms in total. The first-order valence-corrected chi connectivity index (χ1v) is 6.69. The Morgan fingerprint density at radius 2 is 0.731 bits per heavy atom. The van der Waals surface area contributed by atoms with Crippen molar-refractivity contribution in [2.45, 2.75) is 5.60 Å². The van der Waals surface area contributed by atoms with Gasteiger partial charge >= 0.3 is 40.4 Å². The molecule has 7 heteroatoms. The van der Waals surface area contributed by atoms with Crippen LogP contribution in [0.15, 0.2) is 91.0 Å². The molecular weight excluding hydrogens is 437 g/mol. The maximum atomic E-state index is 13.7. The molecule has 0 aliphatic heterocycles. The van der Waals surface area contributed by atoms with E-state index in [1.54, 1.807) is 0 Å². The maximum Gasteiger partial charge on any atom is 3.00 e. The summed E-state index contributed by atoms with van der Waals surface area (Å²) in [6.45, 7) is 0. The Labute approximate surface area is 209 Å². The van der Waals surface area contributed by atoms with Crippen molar-refractivity contribution in [3.63, 3.8) is 0 Å². The molecule has 0 atom stereocenters. The van der Waals surface area contributed by atoms with Crippen LogP contribution in [0.5, 0.6) is 0 Å². The quantitative estimate of drug-likeness (QED) is 0.320. The van der Waals surface area contributed by atoms with Crippen molar-refractivity contribution in [1.29, 1.82) is 0 Å². The summed E-state index contributed by atoms with van der Waals surface area (Å²) in [5, 5.41) is 13.7. The Bertz CT molecular complexity index is 601. The molecule has 134 valence electrons. The molecule has 0 aromatic heterocycles. The van der Waals surface area contributed by atoms with Crippen molar-refractivity contribution in [3.8, 4) is 0 Å². The van der Waals surface area contributed by atoms with Gasteiger partial charge in [-0.05, 0) is 22.3 Å². The Balaban J connectivity index is -0.000000151. The average molecular weight is 456 g/mol. The molecule has 3 rings (SSSR count). The van der Waals surface area contributed by atoms with Gasteiger partial charge in [0.2, 0.25) is 0 Å². The van der Waals surface area contributed by atoms with E-state index in [2.05, 4.69) is 0 Å². The molecule has 0 bridgehead atoms. The predicted molar refractivity (Wildman–Crippen MR) is 107 cm³/mol. The van der Waals surface area contributed by atoms with Gasteiger partial charge in [0.05, 0.1) is 0 Å². The maximum absolute atomic E-state index is 13.7. The van der Waals surface area contributed by atoms with Crippen LogP contribution in [0.1, 0.15) is 19.5 Å². The summed E-state index contributed by atoms with van der Waals surface area (Å²) >= 11 is 0. The van der Waals surface area contributed by atoms with Crippen LogP contribution in [0.2, 0.25) is 0 Å². The number of benzene rings is 3. The van der Waals surface area contributed by atoms with Gasteiger partial charge in [0, 0.05) is 0 Å². The summed E-state index contributed by atoms with van der Waals surface area (Å²) in [5.41, 5.74) is 0.913. The summed E-state index contributed by atoms with van der Waals surface area (Å²) in [6, 6.07) is 28.6. The SMILES string of the molecule is Cl.Cl.[Al+3].[Cl-].[Cl-].[H-].[H-].[Mg+2].[O-]C(c1ccccc1)(c1ccccc1)c1ccccc1. The van der Waals surface area contributed by atoms with E-state index in [1.807, 2.05) is 91.0 Å². The van der Waals surface area contributed by atoms with Crippen molar-refractivity contribution >= 4 is 65.2 Å². The van der Waals surface area contributed by atoms with E-state index in [4.69, 9.17) is 0 Å². The van der Waals surface area contributed by atoms with Crippen molar-refractivity contribution in [1.82, 2.24) is 0 Å². The molecule has 0 N–H and O–H groups in total. The van der Waals surface area contributed by atoms with Crippen LogP contribution in [0.3, 0.4) is 0 Å². The third-order valence-corrected chi connectivity index (χ3v) is 3.54. The zero-order chi connectivity index (χ0) is 13.8. The first-order chi connectivity index (χ1) is 9.82. The first kappa shape index (κ1) is 33.6. The summed E-state index contributed by atoms with van der Waals surface area (Å²) in [6.07, 6.45) is 0. The van der Waals surface area contributed by atoms with Crippen LogP contribution in [-0.2, 0) is 5.60 Å². The van der Waals surface area contributed by atoms with E-state index in [-0.39, 0.29) is 92.9 Å². The van der Waals surface area contributed by atoms with E-state index < -0.39 is 5.60 Å². The number of hydrogen-bond donors (Lipinski definition) is 0. The van der Waals surface area contributed by atoms with E-state index in [9.17, 15) is 5.11 Å². The summed E-state index contributed by atoms with van der Waals surface area (Å²) in [7, 11) is 0. The van der Waals surface area contributed by atoms with E-state index >= 15 is 0 Å². The second-order valence-corrected chi connectivity index (χ2v) is 4.78. The molecule has 3 aromatic rings. The van der Waals surface area contributed by atoms with Crippen LogP contribution >= 0.6 is 24.8 Å². The van der Waals surface area contributed by atoms with Gasteiger partial charge in [-0.1, -0.05) is 91.0 Å². The molecule has 0 heterocycles. The third-order valence-electron chi connectivity index (χ3n) is 3.54. The molecule has 0 saturated heterocycles. The molecule has 0 aliphatic carbocycles. The van der Waals surface area contributed by atoms with E-state index in [0.717, 1.165) is 16.7 Å². The summed E-state index contributed by atoms with van der Waals surface area (Å²) in [4.78, 5) is 0. The molecule has 26 heavy (non-hydrogen) atoms. The van der Waals surface area contributed by atoms with Gasteiger partial charge in [-0.25, -0.2) is 0 Å². The molecule has 0 fully saturated rings. The first-order valence-electron chi connectivity index (χ1n) is 6.69. The van der Waals surface area contributed by atoms with Crippen molar-refractivity contribution in [3.05, 3.63) is 108 Å². The van der Waals surface area contributed by atoms with Gasteiger partial charge in [0.1, 0.15) is 0 Å². The molecule has 0 saturated carbocycles. The molecule has 0 radical (unpaired) electrons. The normalized spacial score (nSPS) is 8.65. The summed E-state index contributed by atoms with van der Waals surface area (Å²) in [5.74, 6) is 0. The van der Waals surface area contributed by atoms with Crippen LogP contribution in [0, 0.1) is 0 Å². The standard InChI is InChI=1S/C19H15O.Al.4ClH.Mg.2H/c20-19(16-10-4-1-5-11-16,17-12-6-2-7-13-17)18-14-8-3-9-15-18;;;;;;;;/h1-15H;;4*1H;;;/q-1;+3;;;;;+2;2*-1/p-2. The van der Waals surface area contributed by atoms with Gasteiger partial charge < -0.3 is 32.8 Å². The second kappa shape index (κ2) is 16.1.